The van der Waals surface area contributed by atoms with Gasteiger partial charge in [-0.25, -0.2) is 9.97 Å². The van der Waals surface area contributed by atoms with Gasteiger partial charge in [-0.15, -0.1) is 0 Å². The molecule has 1 heterocycles. The average Bonchev–Trinajstić information content (AvgIpc) is 2.75. The van der Waals surface area contributed by atoms with Crippen molar-refractivity contribution in [1.82, 2.24) is 15.3 Å². The molecule has 2 aromatic rings. The van der Waals surface area contributed by atoms with E-state index in [1.807, 2.05) is 31.3 Å². The van der Waals surface area contributed by atoms with Crippen LogP contribution in [0.25, 0.3) is 0 Å². The Morgan fingerprint density at radius 1 is 1.18 bits per heavy atom. The van der Waals surface area contributed by atoms with Crippen molar-refractivity contribution in [2.45, 2.75) is 38.3 Å². The summed E-state index contributed by atoms with van der Waals surface area (Å²) in [6, 6.07) is 11.2. The molecule has 0 fully saturated rings. The third kappa shape index (κ3) is 3.45. The number of benzene rings is 1. The first-order valence-electron chi connectivity index (χ1n) is 8.04. The molecular formula is C18H24N4. The third-order valence-corrected chi connectivity index (χ3v) is 4.25. The number of aryl methyl sites for hydroxylation is 1. The molecule has 0 spiro atoms. The van der Waals surface area contributed by atoms with Gasteiger partial charge < -0.3 is 10.2 Å². The molecular weight excluding hydrogens is 272 g/mol. The summed E-state index contributed by atoms with van der Waals surface area (Å²) in [6.07, 6.45) is 6.79. The monoisotopic (exact) mass is 296 g/mol. The Morgan fingerprint density at radius 2 is 2.05 bits per heavy atom. The topological polar surface area (TPSA) is 41.1 Å². The van der Waals surface area contributed by atoms with Crippen molar-refractivity contribution >= 4 is 5.95 Å². The van der Waals surface area contributed by atoms with Crippen LogP contribution in [0.3, 0.4) is 0 Å². The molecule has 3 rings (SSSR count). The second kappa shape index (κ2) is 6.88. The van der Waals surface area contributed by atoms with Gasteiger partial charge in [-0.1, -0.05) is 30.7 Å². The molecule has 0 radical (unpaired) electrons. The van der Waals surface area contributed by atoms with E-state index in [4.69, 9.17) is 0 Å². The van der Waals surface area contributed by atoms with Gasteiger partial charge in [0.1, 0.15) is 0 Å². The predicted molar refractivity (Wildman–Crippen MR) is 89.9 cm³/mol. The highest BCUT2D eigenvalue weighted by Crippen LogP contribution is 2.28. The van der Waals surface area contributed by atoms with Gasteiger partial charge in [0.25, 0.3) is 0 Å². The average molecular weight is 296 g/mol. The molecule has 0 saturated heterocycles. The lowest BCUT2D eigenvalue weighted by molar-refractivity contribution is 0.485. The largest absolute Gasteiger partial charge is 0.347 e. The van der Waals surface area contributed by atoms with Crippen LogP contribution in [0.2, 0.25) is 0 Å². The zero-order chi connectivity index (χ0) is 15.4. The van der Waals surface area contributed by atoms with Crippen molar-refractivity contribution in [2.75, 3.05) is 19.0 Å². The third-order valence-electron chi connectivity index (χ3n) is 4.25. The number of anilines is 1. The van der Waals surface area contributed by atoms with Gasteiger partial charge in [0.2, 0.25) is 5.95 Å². The minimum Gasteiger partial charge on any atom is -0.347 e. The number of aromatic nitrogens is 2. The van der Waals surface area contributed by atoms with E-state index >= 15 is 0 Å². The van der Waals surface area contributed by atoms with E-state index < -0.39 is 0 Å². The normalized spacial score (nSPS) is 17.6. The summed E-state index contributed by atoms with van der Waals surface area (Å²) < 4.78 is 0. The molecule has 0 amide bonds. The molecule has 1 aliphatic rings. The smallest absolute Gasteiger partial charge is 0.225 e. The molecule has 1 aliphatic carbocycles. The Bertz CT molecular complexity index is 624. The van der Waals surface area contributed by atoms with Gasteiger partial charge >= 0.3 is 0 Å². The Balaban J connectivity index is 1.72. The van der Waals surface area contributed by atoms with E-state index in [1.165, 1.54) is 36.8 Å². The van der Waals surface area contributed by atoms with Crippen LogP contribution in [0.1, 0.15) is 42.1 Å². The summed E-state index contributed by atoms with van der Waals surface area (Å²) in [5.41, 5.74) is 4.00. The zero-order valence-corrected chi connectivity index (χ0v) is 13.4. The molecule has 1 unspecified atom stereocenters. The van der Waals surface area contributed by atoms with Gasteiger partial charge in [0.15, 0.2) is 0 Å². The van der Waals surface area contributed by atoms with Crippen molar-refractivity contribution in [2.24, 2.45) is 0 Å². The molecule has 0 saturated carbocycles. The van der Waals surface area contributed by atoms with E-state index in [2.05, 4.69) is 39.6 Å². The summed E-state index contributed by atoms with van der Waals surface area (Å²) in [7, 11) is 3.93. The summed E-state index contributed by atoms with van der Waals surface area (Å²) in [5, 5.41) is 3.69. The molecule has 4 heteroatoms. The van der Waals surface area contributed by atoms with Crippen LogP contribution in [0.15, 0.2) is 36.5 Å². The van der Waals surface area contributed by atoms with Gasteiger partial charge in [0, 0.05) is 32.9 Å². The predicted octanol–water partition coefficient (Wildman–Crippen LogP) is 3.10. The maximum absolute atomic E-state index is 4.59. The van der Waals surface area contributed by atoms with Crippen LogP contribution in [-0.2, 0) is 13.0 Å². The van der Waals surface area contributed by atoms with Crippen LogP contribution in [0, 0.1) is 0 Å². The highest BCUT2D eigenvalue weighted by Gasteiger charge is 2.17. The molecule has 1 aromatic carbocycles. The first-order valence-corrected chi connectivity index (χ1v) is 8.04. The quantitative estimate of drug-likeness (QED) is 0.880. The Morgan fingerprint density at radius 3 is 2.91 bits per heavy atom. The highest BCUT2D eigenvalue weighted by molar-refractivity contribution is 5.31. The summed E-state index contributed by atoms with van der Waals surface area (Å²) in [6.45, 7) is 0.780. The van der Waals surface area contributed by atoms with Gasteiger partial charge in [0.05, 0.1) is 5.69 Å². The van der Waals surface area contributed by atoms with Crippen molar-refractivity contribution in [3.63, 3.8) is 0 Å². The van der Waals surface area contributed by atoms with E-state index in [-0.39, 0.29) is 0 Å². The number of fused-ring (bicyclic) bond motifs is 1. The van der Waals surface area contributed by atoms with E-state index in [0.29, 0.717) is 6.04 Å². The fraction of sp³-hybridized carbons (Fsp3) is 0.444. The van der Waals surface area contributed by atoms with Crippen LogP contribution >= 0.6 is 0 Å². The number of hydrogen-bond acceptors (Lipinski definition) is 4. The summed E-state index contributed by atoms with van der Waals surface area (Å²) in [4.78, 5) is 10.8. The molecule has 1 atom stereocenters. The fourth-order valence-electron chi connectivity index (χ4n) is 3.06. The Labute approximate surface area is 132 Å². The highest BCUT2D eigenvalue weighted by atomic mass is 15.2. The van der Waals surface area contributed by atoms with Crippen molar-refractivity contribution in [1.29, 1.82) is 0 Å². The SMILES string of the molecule is CN(C)c1nccc(CNC2CCCCc3ccccc32)n1. The lowest BCUT2D eigenvalue weighted by Gasteiger charge is -2.19. The number of hydrogen-bond donors (Lipinski definition) is 1. The zero-order valence-electron chi connectivity index (χ0n) is 13.4. The lowest BCUT2D eigenvalue weighted by atomic mass is 9.99. The van der Waals surface area contributed by atoms with Crippen molar-refractivity contribution in [3.05, 3.63) is 53.3 Å². The molecule has 1 aromatic heterocycles. The maximum Gasteiger partial charge on any atom is 0.225 e. The second-order valence-electron chi connectivity index (χ2n) is 6.12. The van der Waals surface area contributed by atoms with Crippen LogP contribution in [0.5, 0.6) is 0 Å². The van der Waals surface area contributed by atoms with Gasteiger partial charge in [-0.3, -0.25) is 0 Å². The van der Waals surface area contributed by atoms with Crippen LogP contribution < -0.4 is 10.2 Å². The fourth-order valence-corrected chi connectivity index (χ4v) is 3.06. The minimum absolute atomic E-state index is 0.427. The molecule has 116 valence electrons. The lowest BCUT2D eigenvalue weighted by Crippen LogP contribution is -2.22. The molecule has 0 aliphatic heterocycles. The first-order chi connectivity index (χ1) is 10.7. The Kier molecular flexibility index (Phi) is 4.68. The summed E-state index contributed by atoms with van der Waals surface area (Å²) in [5.74, 6) is 0.764. The van der Waals surface area contributed by atoms with Gasteiger partial charge in [-0.2, -0.15) is 0 Å². The second-order valence-corrected chi connectivity index (χ2v) is 6.12. The summed E-state index contributed by atoms with van der Waals surface area (Å²) >= 11 is 0. The number of nitrogens with zero attached hydrogens (tertiary/aromatic N) is 3. The number of rotatable bonds is 4. The minimum atomic E-state index is 0.427. The van der Waals surface area contributed by atoms with Crippen molar-refractivity contribution < 1.29 is 0 Å². The molecule has 0 bridgehead atoms. The number of nitrogens with one attached hydrogen (secondary N) is 1. The standard InChI is InChI=1S/C18H24N4/c1-22(2)18-19-12-11-15(21-18)13-20-17-10-6-4-8-14-7-3-5-9-16(14)17/h3,5,7,9,11-12,17,20H,4,6,8,10,13H2,1-2H3. The van der Waals surface area contributed by atoms with E-state index in [1.54, 1.807) is 0 Å². The Hall–Kier alpha value is -1.94. The van der Waals surface area contributed by atoms with E-state index in [9.17, 15) is 0 Å². The molecule has 22 heavy (non-hydrogen) atoms. The van der Waals surface area contributed by atoms with Gasteiger partial charge in [-0.05, 0) is 36.5 Å². The first kappa shape index (κ1) is 15.0. The van der Waals surface area contributed by atoms with Crippen LogP contribution in [-0.4, -0.2) is 24.1 Å². The van der Waals surface area contributed by atoms with E-state index in [0.717, 1.165) is 18.2 Å². The maximum atomic E-state index is 4.59. The van der Waals surface area contributed by atoms with Crippen LogP contribution in [0.4, 0.5) is 5.95 Å². The van der Waals surface area contributed by atoms with Crippen molar-refractivity contribution in [3.8, 4) is 0 Å². The molecule has 1 N–H and O–H groups in total. The molecule has 4 nitrogen and oxygen atoms in total.